The number of carbonyl (C=O) groups excluding carboxylic acids is 2. The molecular formula is C25H25N3O5S. The van der Waals surface area contributed by atoms with E-state index in [1.807, 2.05) is 59.3 Å². The second kappa shape index (κ2) is 10.5. The number of amides is 2. The lowest BCUT2D eigenvalue weighted by molar-refractivity contribution is -0.129. The molecule has 1 saturated heterocycles. The Bertz CT molecular complexity index is 1250. The van der Waals surface area contributed by atoms with Crippen LogP contribution in [0.1, 0.15) is 5.56 Å². The van der Waals surface area contributed by atoms with Crippen molar-refractivity contribution in [3.05, 3.63) is 65.9 Å². The topological polar surface area (TPSA) is 82.0 Å². The molecule has 0 saturated carbocycles. The van der Waals surface area contributed by atoms with E-state index in [-0.39, 0.29) is 17.2 Å². The fourth-order valence-electron chi connectivity index (χ4n) is 3.74. The van der Waals surface area contributed by atoms with Crippen LogP contribution in [0.2, 0.25) is 0 Å². The molecule has 3 aromatic rings. The number of para-hydroxylation sites is 1. The number of carbonyl (C=O) groups is 2. The average Bonchev–Trinajstić information content (AvgIpc) is 3.19. The first-order valence-electron chi connectivity index (χ1n) is 10.7. The lowest BCUT2D eigenvalue weighted by Gasteiger charge is -2.28. The van der Waals surface area contributed by atoms with Gasteiger partial charge >= 0.3 is 0 Å². The third kappa shape index (κ3) is 4.95. The Morgan fingerprint density at radius 1 is 0.971 bits per heavy atom. The number of ether oxygens (including phenoxy) is 3. The molecule has 9 heteroatoms. The number of methoxy groups -OCH3 is 2. The summed E-state index contributed by atoms with van der Waals surface area (Å²) in [5.41, 5.74) is 1.77. The summed E-state index contributed by atoms with van der Waals surface area (Å²) in [5, 5.41) is 3.61. The third-order valence-electron chi connectivity index (χ3n) is 5.48. The maximum absolute atomic E-state index is 13.0. The van der Waals surface area contributed by atoms with E-state index in [1.54, 1.807) is 20.3 Å². The summed E-state index contributed by atoms with van der Waals surface area (Å²) >= 11 is 5.16. The van der Waals surface area contributed by atoms with Crippen molar-refractivity contribution < 1.29 is 23.8 Å². The van der Waals surface area contributed by atoms with Crippen LogP contribution in [0, 0.1) is 0 Å². The van der Waals surface area contributed by atoms with Crippen LogP contribution in [-0.2, 0) is 20.9 Å². The normalized spacial score (nSPS) is 15.2. The standard InChI is InChI=1S/C25H25N3O5S/c1-31-13-12-28-24(30)21(23(29)26-25(28)34)15-17-16-27(22-6-4-3-5-20(17)22)11-14-33-19-9-7-18(32-2)8-10-19/h3-10,15-16H,11-14H2,1-2H3,(H,26,29,34). The highest BCUT2D eigenvalue weighted by atomic mass is 32.1. The van der Waals surface area contributed by atoms with E-state index in [0.717, 1.165) is 28.0 Å². The number of aromatic nitrogens is 1. The van der Waals surface area contributed by atoms with Crippen molar-refractivity contribution in [1.82, 2.24) is 14.8 Å². The Morgan fingerprint density at radius 2 is 1.71 bits per heavy atom. The van der Waals surface area contributed by atoms with E-state index < -0.39 is 11.8 Å². The molecule has 34 heavy (non-hydrogen) atoms. The van der Waals surface area contributed by atoms with Crippen LogP contribution in [0.5, 0.6) is 11.5 Å². The lowest BCUT2D eigenvalue weighted by atomic mass is 10.1. The van der Waals surface area contributed by atoms with Gasteiger partial charge in [-0.25, -0.2) is 0 Å². The molecule has 0 spiro atoms. The molecule has 0 atom stereocenters. The molecule has 8 nitrogen and oxygen atoms in total. The zero-order valence-electron chi connectivity index (χ0n) is 18.9. The van der Waals surface area contributed by atoms with E-state index in [1.165, 1.54) is 4.90 Å². The van der Waals surface area contributed by atoms with Crippen LogP contribution in [0.4, 0.5) is 0 Å². The number of hydrogen-bond donors (Lipinski definition) is 1. The highest BCUT2D eigenvalue weighted by Gasteiger charge is 2.33. The zero-order chi connectivity index (χ0) is 24.1. The van der Waals surface area contributed by atoms with E-state index in [4.69, 9.17) is 26.4 Å². The molecule has 2 amide bonds. The first-order valence-corrected chi connectivity index (χ1v) is 11.1. The van der Waals surface area contributed by atoms with Gasteiger partial charge in [0.1, 0.15) is 23.7 Å². The quantitative estimate of drug-likeness (QED) is 0.289. The molecule has 0 radical (unpaired) electrons. The van der Waals surface area contributed by atoms with Crippen molar-refractivity contribution in [2.45, 2.75) is 6.54 Å². The SMILES string of the molecule is COCCN1C(=O)C(=Cc2cn(CCOc3ccc(OC)cc3)c3ccccc23)C(=O)NC1=S. The number of fused-ring (bicyclic) bond motifs is 1. The van der Waals surface area contributed by atoms with E-state index in [2.05, 4.69) is 5.32 Å². The fourth-order valence-corrected chi connectivity index (χ4v) is 4.01. The number of nitrogens with zero attached hydrogens (tertiary/aromatic N) is 2. The number of thiocarbonyl (C=S) groups is 1. The molecule has 2 heterocycles. The molecule has 0 unspecified atom stereocenters. The molecule has 0 aliphatic carbocycles. The molecule has 1 aliphatic rings. The van der Waals surface area contributed by atoms with Gasteiger partial charge in [-0.05, 0) is 48.6 Å². The van der Waals surface area contributed by atoms with E-state index in [9.17, 15) is 9.59 Å². The van der Waals surface area contributed by atoms with Crippen LogP contribution >= 0.6 is 12.2 Å². The second-order valence-electron chi connectivity index (χ2n) is 7.59. The van der Waals surface area contributed by atoms with Crippen LogP contribution in [0.3, 0.4) is 0 Å². The summed E-state index contributed by atoms with van der Waals surface area (Å²) in [5.74, 6) is 0.564. The summed E-state index contributed by atoms with van der Waals surface area (Å²) in [6.07, 6.45) is 3.53. The molecule has 0 bridgehead atoms. The zero-order valence-corrected chi connectivity index (χ0v) is 19.8. The van der Waals surface area contributed by atoms with Gasteiger partial charge in [-0.3, -0.25) is 19.8 Å². The summed E-state index contributed by atoms with van der Waals surface area (Å²) in [4.78, 5) is 26.9. The van der Waals surface area contributed by atoms with Gasteiger partial charge in [0.25, 0.3) is 11.8 Å². The monoisotopic (exact) mass is 479 g/mol. The van der Waals surface area contributed by atoms with Gasteiger partial charge in [-0.2, -0.15) is 0 Å². The lowest BCUT2D eigenvalue weighted by Crippen LogP contribution is -2.54. The molecule has 1 N–H and O–H groups in total. The Morgan fingerprint density at radius 3 is 2.44 bits per heavy atom. The first kappa shape index (κ1) is 23.5. The Balaban J connectivity index is 1.57. The number of hydrogen-bond acceptors (Lipinski definition) is 6. The van der Waals surface area contributed by atoms with Gasteiger partial charge in [0.05, 0.1) is 26.8 Å². The summed E-state index contributed by atoms with van der Waals surface area (Å²) in [6.45, 7) is 1.60. The summed E-state index contributed by atoms with van der Waals surface area (Å²) in [6, 6.07) is 15.2. The van der Waals surface area contributed by atoms with Gasteiger partial charge in [-0.15, -0.1) is 0 Å². The maximum atomic E-state index is 13.0. The molecule has 1 aliphatic heterocycles. The third-order valence-corrected chi connectivity index (χ3v) is 5.81. The van der Waals surface area contributed by atoms with Crippen molar-refractivity contribution in [3.63, 3.8) is 0 Å². The van der Waals surface area contributed by atoms with Gasteiger partial charge < -0.3 is 18.8 Å². The molecule has 176 valence electrons. The van der Waals surface area contributed by atoms with Crippen LogP contribution in [-0.4, -0.2) is 60.4 Å². The van der Waals surface area contributed by atoms with Gasteiger partial charge in [0, 0.05) is 29.8 Å². The van der Waals surface area contributed by atoms with Crippen molar-refractivity contribution in [2.75, 3.05) is 34.0 Å². The van der Waals surface area contributed by atoms with Crippen molar-refractivity contribution in [3.8, 4) is 11.5 Å². The minimum absolute atomic E-state index is 0.0297. The van der Waals surface area contributed by atoms with Gasteiger partial charge in [0.2, 0.25) is 0 Å². The minimum atomic E-state index is -0.511. The highest BCUT2D eigenvalue weighted by molar-refractivity contribution is 7.80. The average molecular weight is 480 g/mol. The van der Waals surface area contributed by atoms with Crippen molar-refractivity contribution in [1.29, 1.82) is 0 Å². The molecular weight excluding hydrogens is 454 g/mol. The highest BCUT2D eigenvalue weighted by Crippen LogP contribution is 2.25. The second-order valence-corrected chi connectivity index (χ2v) is 7.97. The molecule has 1 aromatic heterocycles. The maximum Gasteiger partial charge on any atom is 0.265 e. The number of rotatable bonds is 9. The Hall–Kier alpha value is -3.69. The van der Waals surface area contributed by atoms with Crippen LogP contribution in [0.25, 0.3) is 17.0 Å². The number of nitrogens with one attached hydrogen (secondary N) is 1. The first-order chi connectivity index (χ1) is 16.5. The van der Waals surface area contributed by atoms with Gasteiger partial charge in [0.15, 0.2) is 5.11 Å². The summed E-state index contributed by atoms with van der Waals surface area (Å²) in [7, 11) is 3.16. The van der Waals surface area contributed by atoms with Crippen molar-refractivity contribution in [2.24, 2.45) is 0 Å². The Kier molecular flexibility index (Phi) is 7.24. The molecule has 1 fully saturated rings. The predicted molar refractivity (Wildman–Crippen MR) is 133 cm³/mol. The minimum Gasteiger partial charge on any atom is -0.497 e. The van der Waals surface area contributed by atoms with Gasteiger partial charge in [-0.1, -0.05) is 18.2 Å². The molecule has 4 rings (SSSR count). The van der Waals surface area contributed by atoms with E-state index in [0.29, 0.717) is 19.8 Å². The molecule has 2 aromatic carbocycles. The van der Waals surface area contributed by atoms with Crippen molar-refractivity contribution >= 4 is 46.1 Å². The smallest absolute Gasteiger partial charge is 0.265 e. The van der Waals surface area contributed by atoms with Crippen LogP contribution in [0.15, 0.2) is 60.3 Å². The number of benzene rings is 2. The van der Waals surface area contributed by atoms with Crippen LogP contribution < -0.4 is 14.8 Å². The largest absolute Gasteiger partial charge is 0.497 e. The van der Waals surface area contributed by atoms with E-state index >= 15 is 0 Å². The predicted octanol–water partition coefficient (Wildman–Crippen LogP) is 3.00. The summed E-state index contributed by atoms with van der Waals surface area (Å²) < 4.78 is 18.1. The Labute approximate surface area is 202 Å². The fraction of sp³-hybridized carbons (Fsp3) is 0.240.